The van der Waals surface area contributed by atoms with Gasteiger partial charge >= 0.3 is 12.0 Å². The number of urea groups is 1. The number of para-hydroxylation sites is 1. The Morgan fingerprint density at radius 2 is 2.00 bits per heavy atom. The minimum absolute atomic E-state index is 0.197. The zero-order chi connectivity index (χ0) is 18.5. The molecule has 0 aliphatic carbocycles. The van der Waals surface area contributed by atoms with E-state index < -0.39 is 5.97 Å². The first-order valence-electron chi connectivity index (χ1n) is 8.73. The summed E-state index contributed by atoms with van der Waals surface area (Å²) in [5.41, 5.74) is 1.91. The Morgan fingerprint density at radius 3 is 2.77 bits per heavy atom. The number of thioether (sulfide) groups is 1. The highest BCUT2D eigenvalue weighted by atomic mass is 32.2. The smallest absolute Gasteiger partial charge is 0.338 e. The van der Waals surface area contributed by atoms with E-state index in [1.165, 1.54) is 0 Å². The van der Waals surface area contributed by atoms with E-state index in [2.05, 4.69) is 12.2 Å². The number of hydrogen-bond acceptors (Lipinski definition) is 4. The van der Waals surface area contributed by atoms with Crippen LogP contribution in [0.3, 0.4) is 0 Å². The summed E-state index contributed by atoms with van der Waals surface area (Å²) in [6.07, 6.45) is 0.987. The number of esters is 1. The van der Waals surface area contributed by atoms with Gasteiger partial charge in [0.15, 0.2) is 0 Å². The van der Waals surface area contributed by atoms with Gasteiger partial charge in [0.2, 0.25) is 0 Å². The molecule has 0 aromatic heterocycles. The van der Waals surface area contributed by atoms with E-state index >= 15 is 0 Å². The van der Waals surface area contributed by atoms with E-state index in [1.807, 2.05) is 36.0 Å². The van der Waals surface area contributed by atoms with Gasteiger partial charge in [0.25, 0.3) is 0 Å². The lowest BCUT2D eigenvalue weighted by Crippen LogP contribution is -2.41. The zero-order valence-corrected chi connectivity index (χ0v) is 15.7. The molecule has 2 amide bonds. The van der Waals surface area contributed by atoms with Gasteiger partial charge in [-0.2, -0.15) is 0 Å². The molecule has 136 valence electrons. The highest BCUT2D eigenvalue weighted by Crippen LogP contribution is 2.39. The molecule has 0 bridgehead atoms. The maximum Gasteiger partial charge on any atom is 0.338 e. The summed E-state index contributed by atoms with van der Waals surface area (Å²) >= 11 is 1.81. The number of anilines is 2. The molecule has 26 heavy (non-hydrogen) atoms. The fourth-order valence-corrected chi connectivity index (χ4v) is 4.04. The van der Waals surface area contributed by atoms with Gasteiger partial charge in [-0.3, -0.25) is 4.90 Å². The molecule has 3 rings (SSSR count). The quantitative estimate of drug-likeness (QED) is 0.787. The molecule has 5 nitrogen and oxygen atoms in total. The summed E-state index contributed by atoms with van der Waals surface area (Å²) in [5, 5.41) is 3.27. The summed E-state index contributed by atoms with van der Waals surface area (Å²) in [4.78, 5) is 27.7. The van der Waals surface area contributed by atoms with E-state index in [0.717, 1.165) is 17.0 Å². The van der Waals surface area contributed by atoms with Gasteiger partial charge in [0, 0.05) is 22.4 Å². The zero-order valence-electron chi connectivity index (χ0n) is 14.9. The normalized spacial score (nSPS) is 15.9. The Hall–Kier alpha value is -2.47. The van der Waals surface area contributed by atoms with Crippen LogP contribution in [0.15, 0.2) is 53.4 Å². The summed E-state index contributed by atoms with van der Waals surface area (Å²) in [7, 11) is 0. The van der Waals surface area contributed by atoms with Crippen LogP contribution in [0.5, 0.6) is 0 Å². The number of carbonyl (C=O) groups excluding carboxylic acids is 2. The van der Waals surface area contributed by atoms with Crippen LogP contribution in [0.2, 0.25) is 0 Å². The Kier molecular flexibility index (Phi) is 5.83. The van der Waals surface area contributed by atoms with Crippen molar-refractivity contribution in [2.75, 3.05) is 23.4 Å². The van der Waals surface area contributed by atoms with Crippen LogP contribution in [-0.2, 0) is 4.74 Å². The highest BCUT2D eigenvalue weighted by molar-refractivity contribution is 8.00. The van der Waals surface area contributed by atoms with Crippen LogP contribution >= 0.6 is 11.8 Å². The summed E-state index contributed by atoms with van der Waals surface area (Å²) < 4.78 is 5.01. The topological polar surface area (TPSA) is 58.6 Å². The van der Waals surface area contributed by atoms with Crippen molar-refractivity contribution in [3.05, 3.63) is 54.1 Å². The third-order valence-electron chi connectivity index (χ3n) is 4.16. The van der Waals surface area contributed by atoms with E-state index in [1.54, 1.807) is 36.1 Å². The van der Waals surface area contributed by atoms with Crippen molar-refractivity contribution in [3.63, 3.8) is 0 Å². The van der Waals surface area contributed by atoms with Crippen LogP contribution in [0.4, 0.5) is 16.2 Å². The number of ether oxygens (including phenoxy) is 1. The number of fused-ring (bicyclic) bond motifs is 1. The Bertz CT molecular complexity index is 809. The molecule has 6 heteroatoms. The molecule has 0 fully saturated rings. The molecule has 2 aromatic carbocycles. The molecule has 0 radical (unpaired) electrons. The molecule has 1 aliphatic heterocycles. The number of amides is 2. The number of rotatable bonds is 4. The maximum absolute atomic E-state index is 12.9. The first-order valence-corrected chi connectivity index (χ1v) is 9.61. The van der Waals surface area contributed by atoms with Crippen molar-refractivity contribution >= 4 is 35.1 Å². The van der Waals surface area contributed by atoms with Crippen molar-refractivity contribution < 1.29 is 14.3 Å². The second-order valence-corrected chi connectivity index (χ2v) is 7.30. The van der Waals surface area contributed by atoms with Gasteiger partial charge in [0.1, 0.15) is 0 Å². The second kappa shape index (κ2) is 8.27. The summed E-state index contributed by atoms with van der Waals surface area (Å²) in [6.45, 7) is 4.86. The van der Waals surface area contributed by atoms with Crippen LogP contribution in [0, 0.1) is 0 Å². The molecule has 1 atom stereocenters. The summed E-state index contributed by atoms with van der Waals surface area (Å²) in [6, 6.07) is 14.5. The lowest BCUT2D eigenvalue weighted by Gasteiger charge is -2.33. The van der Waals surface area contributed by atoms with Crippen LogP contribution in [0.1, 0.15) is 30.6 Å². The standard InChI is InChI=1S/C20H22N2O3S/c1-3-16-13-22(17-10-5-6-11-18(17)26-16)20(24)21-15-9-7-8-14(12-15)19(23)25-4-2/h5-12,16H,3-4,13H2,1-2H3,(H,21,24)/t16-/m0/s1. The van der Waals surface area contributed by atoms with Gasteiger partial charge in [-0.25, -0.2) is 9.59 Å². The monoisotopic (exact) mass is 370 g/mol. The Labute approximate surface area is 157 Å². The van der Waals surface area contributed by atoms with Gasteiger partial charge < -0.3 is 10.1 Å². The SMILES string of the molecule is CCOC(=O)c1cccc(NC(=O)N2C[C@H](CC)Sc3ccccc32)c1. The van der Waals surface area contributed by atoms with Crippen molar-refractivity contribution in [1.82, 2.24) is 0 Å². The van der Waals surface area contributed by atoms with E-state index in [4.69, 9.17) is 4.74 Å². The lowest BCUT2D eigenvalue weighted by atomic mass is 10.2. The lowest BCUT2D eigenvalue weighted by molar-refractivity contribution is 0.0526. The van der Waals surface area contributed by atoms with Crippen molar-refractivity contribution in [3.8, 4) is 0 Å². The Balaban J connectivity index is 1.80. The molecule has 0 saturated carbocycles. The largest absolute Gasteiger partial charge is 0.462 e. The fourth-order valence-electron chi connectivity index (χ4n) is 2.83. The molecule has 2 aromatic rings. The molecule has 1 heterocycles. The number of nitrogens with one attached hydrogen (secondary N) is 1. The first kappa shape index (κ1) is 18.3. The number of carbonyl (C=O) groups is 2. The predicted molar refractivity (Wildman–Crippen MR) is 105 cm³/mol. The molecule has 0 spiro atoms. The van der Waals surface area contributed by atoms with Crippen molar-refractivity contribution in [2.45, 2.75) is 30.4 Å². The van der Waals surface area contributed by atoms with Gasteiger partial charge in [-0.1, -0.05) is 25.1 Å². The van der Waals surface area contributed by atoms with Crippen molar-refractivity contribution in [2.24, 2.45) is 0 Å². The van der Waals surface area contributed by atoms with Gasteiger partial charge in [-0.15, -0.1) is 11.8 Å². The average molecular weight is 370 g/mol. The van der Waals surface area contributed by atoms with Gasteiger partial charge in [-0.05, 0) is 43.7 Å². The maximum atomic E-state index is 12.9. The molecule has 0 unspecified atom stereocenters. The fraction of sp³-hybridized carbons (Fsp3) is 0.300. The number of benzene rings is 2. The van der Waals surface area contributed by atoms with E-state index in [9.17, 15) is 9.59 Å². The minimum Gasteiger partial charge on any atom is -0.462 e. The summed E-state index contributed by atoms with van der Waals surface area (Å²) in [5.74, 6) is -0.394. The third-order valence-corrected chi connectivity index (χ3v) is 5.58. The van der Waals surface area contributed by atoms with E-state index in [0.29, 0.717) is 29.7 Å². The Morgan fingerprint density at radius 1 is 1.19 bits per heavy atom. The third kappa shape index (κ3) is 4.02. The first-order chi connectivity index (χ1) is 12.6. The van der Waals surface area contributed by atoms with Crippen LogP contribution in [0.25, 0.3) is 0 Å². The van der Waals surface area contributed by atoms with Crippen LogP contribution in [-0.4, -0.2) is 30.4 Å². The number of nitrogens with zero attached hydrogens (tertiary/aromatic N) is 1. The second-order valence-electron chi connectivity index (χ2n) is 5.96. The highest BCUT2D eigenvalue weighted by Gasteiger charge is 2.28. The molecule has 1 aliphatic rings. The van der Waals surface area contributed by atoms with Gasteiger partial charge in [0.05, 0.1) is 17.9 Å². The molecule has 0 saturated heterocycles. The molecule has 1 N–H and O–H groups in total. The average Bonchev–Trinajstić information content (AvgIpc) is 2.67. The molecular weight excluding hydrogens is 348 g/mol. The predicted octanol–water partition coefficient (Wildman–Crippen LogP) is 4.79. The van der Waals surface area contributed by atoms with E-state index in [-0.39, 0.29) is 6.03 Å². The number of hydrogen-bond donors (Lipinski definition) is 1. The van der Waals surface area contributed by atoms with Crippen LogP contribution < -0.4 is 10.2 Å². The minimum atomic E-state index is -0.394. The molecular formula is C20H22N2O3S. The van der Waals surface area contributed by atoms with Crippen molar-refractivity contribution in [1.29, 1.82) is 0 Å².